The van der Waals surface area contributed by atoms with Gasteiger partial charge in [0.25, 0.3) is 0 Å². The van der Waals surface area contributed by atoms with Crippen LogP contribution >= 0.6 is 0 Å². The average molecular weight is 263 g/mol. The fraction of sp³-hybridized carbons (Fsp3) is 0.733. The Kier molecular flexibility index (Phi) is 3.81. The number of aryl methyl sites for hydroxylation is 2. The quantitative estimate of drug-likeness (QED) is 0.880. The van der Waals surface area contributed by atoms with Gasteiger partial charge in [-0.05, 0) is 44.9 Å². The van der Waals surface area contributed by atoms with E-state index in [1.165, 1.54) is 0 Å². The molecule has 4 nitrogen and oxygen atoms in total. The van der Waals surface area contributed by atoms with Gasteiger partial charge in [-0.2, -0.15) is 0 Å². The zero-order chi connectivity index (χ0) is 14.1. The van der Waals surface area contributed by atoms with Gasteiger partial charge in [-0.3, -0.25) is 4.98 Å². The number of nitrogens with zero attached hydrogens (tertiary/aromatic N) is 2. The second-order valence-electron chi connectivity index (χ2n) is 6.69. The van der Waals surface area contributed by atoms with Gasteiger partial charge in [-0.15, -0.1) is 0 Å². The van der Waals surface area contributed by atoms with E-state index >= 15 is 0 Å². The van der Waals surface area contributed by atoms with Gasteiger partial charge in [0.05, 0.1) is 17.0 Å². The van der Waals surface area contributed by atoms with Crippen molar-refractivity contribution < 1.29 is 5.11 Å². The molecule has 1 aliphatic carbocycles. The molecule has 1 aromatic rings. The molecule has 2 rings (SSSR count). The van der Waals surface area contributed by atoms with Crippen LogP contribution in [0.25, 0.3) is 0 Å². The van der Waals surface area contributed by atoms with Gasteiger partial charge in [0.2, 0.25) is 0 Å². The van der Waals surface area contributed by atoms with Crippen molar-refractivity contribution in [3.8, 4) is 0 Å². The maximum atomic E-state index is 10.6. The Morgan fingerprint density at radius 1 is 1.21 bits per heavy atom. The van der Waals surface area contributed by atoms with Crippen LogP contribution in [0.1, 0.15) is 50.9 Å². The van der Waals surface area contributed by atoms with Crippen molar-refractivity contribution in [3.63, 3.8) is 0 Å². The van der Waals surface area contributed by atoms with Crippen LogP contribution in [-0.2, 0) is 0 Å². The van der Waals surface area contributed by atoms with E-state index in [9.17, 15) is 5.11 Å². The Labute approximate surface area is 115 Å². The molecule has 0 amide bonds. The van der Waals surface area contributed by atoms with Gasteiger partial charge >= 0.3 is 0 Å². The second kappa shape index (κ2) is 5.08. The van der Waals surface area contributed by atoms with Crippen LogP contribution in [0.4, 0.5) is 5.82 Å². The molecule has 1 heterocycles. The van der Waals surface area contributed by atoms with Gasteiger partial charge in [-0.1, -0.05) is 13.8 Å². The molecule has 1 aromatic heterocycles. The third-order valence-electron chi connectivity index (χ3n) is 4.20. The molecule has 0 aromatic carbocycles. The Morgan fingerprint density at radius 2 is 1.84 bits per heavy atom. The van der Waals surface area contributed by atoms with Gasteiger partial charge in [-0.25, -0.2) is 4.98 Å². The molecule has 106 valence electrons. The number of hydrogen-bond donors (Lipinski definition) is 2. The number of aromatic nitrogens is 2. The molecule has 0 bridgehead atoms. The van der Waals surface area contributed by atoms with Gasteiger partial charge < -0.3 is 10.4 Å². The number of nitrogens with one attached hydrogen (secondary N) is 1. The Balaban J connectivity index is 1.97. The summed E-state index contributed by atoms with van der Waals surface area (Å²) in [5.41, 5.74) is 1.54. The van der Waals surface area contributed by atoms with Crippen molar-refractivity contribution in [2.75, 3.05) is 11.9 Å². The highest BCUT2D eigenvalue weighted by atomic mass is 16.3. The topological polar surface area (TPSA) is 58.0 Å². The SMILES string of the molecule is Cc1cnc(C)c(NCC2(O)CCC(C)(C)CC2)n1. The van der Waals surface area contributed by atoms with Gasteiger partial charge in [0.1, 0.15) is 5.82 Å². The van der Waals surface area contributed by atoms with Crippen molar-refractivity contribution in [2.24, 2.45) is 5.41 Å². The fourth-order valence-corrected chi connectivity index (χ4v) is 2.52. The predicted molar refractivity (Wildman–Crippen MR) is 77.2 cm³/mol. The number of hydrogen-bond acceptors (Lipinski definition) is 4. The Morgan fingerprint density at radius 3 is 2.47 bits per heavy atom. The second-order valence-corrected chi connectivity index (χ2v) is 6.69. The number of rotatable bonds is 3. The standard InChI is InChI=1S/C15H25N3O/c1-11-9-16-12(2)13(18-11)17-10-15(19)7-5-14(3,4)6-8-15/h9,19H,5-8,10H2,1-4H3,(H,17,18). The van der Waals surface area contributed by atoms with Crippen molar-refractivity contribution in [1.82, 2.24) is 9.97 Å². The minimum atomic E-state index is -0.604. The summed E-state index contributed by atoms with van der Waals surface area (Å²) < 4.78 is 0. The molecule has 0 atom stereocenters. The maximum absolute atomic E-state index is 10.6. The monoisotopic (exact) mass is 263 g/mol. The zero-order valence-electron chi connectivity index (χ0n) is 12.5. The molecule has 0 spiro atoms. The summed E-state index contributed by atoms with van der Waals surface area (Å²) in [6.45, 7) is 8.96. The number of aliphatic hydroxyl groups is 1. The molecule has 2 N–H and O–H groups in total. The summed E-state index contributed by atoms with van der Waals surface area (Å²) in [7, 11) is 0. The van der Waals surface area contributed by atoms with Crippen LogP contribution in [-0.4, -0.2) is 27.2 Å². The van der Waals surface area contributed by atoms with Crippen molar-refractivity contribution in [1.29, 1.82) is 0 Å². The predicted octanol–water partition coefficient (Wildman–Crippen LogP) is 2.84. The van der Waals surface area contributed by atoms with E-state index < -0.39 is 5.60 Å². The first-order valence-electron chi connectivity index (χ1n) is 7.06. The van der Waals surface area contributed by atoms with Crippen LogP contribution < -0.4 is 5.32 Å². The number of anilines is 1. The molecule has 0 aliphatic heterocycles. The molecule has 1 fully saturated rings. The molecular weight excluding hydrogens is 238 g/mol. The van der Waals surface area contributed by atoms with Crippen molar-refractivity contribution in [2.45, 2.75) is 59.0 Å². The minimum absolute atomic E-state index is 0.366. The maximum Gasteiger partial charge on any atom is 0.147 e. The van der Waals surface area contributed by atoms with Crippen molar-refractivity contribution in [3.05, 3.63) is 17.6 Å². The molecule has 0 radical (unpaired) electrons. The lowest BCUT2D eigenvalue weighted by Gasteiger charge is -2.40. The fourth-order valence-electron chi connectivity index (χ4n) is 2.52. The third-order valence-corrected chi connectivity index (χ3v) is 4.20. The van der Waals surface area contributed by atoms with E-state index in [1.54, 1.807) is 6.20 Å². The first-order chi connectivity index (χ1) is 8.80. The van der Waals surface area contributed by atoms with E-state index in [4.69, 9.17) is 0 Å². The average Bonchev–Trinajstić information content (AvgIpc) is 2.35. The molecule has 0 saturated heterocycles. The van der Waals surface area contributed by atoms with Crippen LogP contribution in [0.3, 0.4) is 0 Å². The summed E-state index contributed by atoms with van der Waals surface area (Å²) >= 11 is 0. The summed E-state index contributed by atoms with van der Waals surface area (Å²) in [5.74, 6) is 0.790. The lowest BCUT2D eigenvalue weighted by Crippen LogP contribution is -2.42. The molecule has 1 saturated carbocycles. The van der Waals surface area contributed by atoms with Crippen LogP contribution in [0, 0.1) is 19.3 Å². The van der Waals surface area contributed by atoms with Gasteiger partial charge in [0, 0.05) is 12.7 Å². The zero-order valence-corrected chi connectivity index (χ0v) is 12.5. The largest absolute Gasteiger partial charge is 0.388 e. The molecule has 19 heavy (non-hydrogen) atoms. The first-order valence-corrected chi connectivity index (χ1v) is 7.06. The van der Waals surface area contributed by atoms with Crippen molar-refractivity contribution >= 4 is 5.82 Å². The summed E-state index contributed by atoms with van der Waals surface area (Å²) in [6.07, 6.45) is 5.61. The van der Waals surface area contributed by atoms with Gasteiger partial charge in [0.15, 0.2) is 0 Å². The normalized spacial score (nSPS) is 21.1. The summed E-state index contributed by atoms with van der Waals surface area (Å²) in [6, 6.07) is 0. The first kappa shape index (κ1) is 14.3. The molecule has 1 aliphatic rings. The van der Waals surface area contributed by atoms with E-state index in [-0.39, 0.29) is 0 Å². The molecule has 4 heteroatoms. The van der Waals surface area contributed by atoms with Crippen LogP contribution in [0.2, 0.25) is 0 Å². The lowest BCUT2D eigenvalue weighted by atomic mass is 9.71. The molecular formula is C15H25N3O. The minimum Gasteiger partial charge on any atom is -0.388 e. The highest BCUT2D eigenvalue weighted by Crippen LogP contribution is 2.40. The van der Waals surface area contributed by atoms with Crippen LogP contribution in [0.15, 0.2) is 6.20 Å². The van der Waals surface area contributed by atoms with E-state index in [1.807, 2.05) is 13.8 Å². The lowest BCUT2D eigenvalue weighted by molar-refractivity contribution is -0.0146. The van der Waals surface area contributed by atoms with Crippen LogP contribution in [0.5, 0.6) is 0 Å². The molecule has 0 unspecified atom stereocenters. The Hall–Kier alpha value is -1.16. The van der Waals surface area contributed by atoms with E-state index in [0.29, 0.717) is 12.0 Å². The smallest absolute Gasteiger partial charge is 0.147 e. The summed E-state index contributed by atoms with van der Waals surface area (Å²) in [4.78, 5) is 8.71. The third kappa shape index (κ3) is 3.66. The highest BCUT2D eigenvalue weighted by Gasteiger charge is 2.36. The van der Waals surface area contributed by atoms with E-state index in [2.05, 4.69) is 29.1 Å². The summed E-state index contributed by atoms with van der Waals surface area (Å²) in [5, 5.41) is 13.9. The Bertz CT molecular complexity index is 447. The highest BCUT2D eigenvalue weighted by molar-refractivity contribution is 5.40. The van der Waals surface area contributed by atoms with E-state index in [0.717, 1.165) is 42.9 Å².